The zero-order valence-electron chi connectivity index (χ0n) is 19.1. The van der Waals surface area contributed by atoms with Crippen molar-refractivity contribution in [3.05, 3.63) is 58.7 Å². The molecule has 11 heteroatoms. The molecule has 33 heavy (non-hydrogen) atoms. The monoisotopic (exact) mass is 599 g/mol. The van der Waals surface area contributed by atoms with Gasteiger partial charge in [0, 0.05) is 17.7 Å². The van der Waals surface area contributed by atoms with Gasteiger partial charge in [-0.15, -0.1) is 0 Å². The van der Waals surface area contributed by atoms with Crippen molar-refractivity contribution in [3.8, 4) is 0 Å². The van der Waals surface area contributed by atoms with Crippen molar-refractivity contribution in [3.63, 3.8) is 0 Å². The van der Waals surface area contributed by atoms with Crippen LogP contribution in [-0.2, 0) is 23.9 Å². The van der Waals surface area contributed by atoms with Crippen LogP contribution in [-0.4, -0.2) is 32.7 Å². The van der Waals surface area contributed by atoms with Crippen molar-refractivity contribution in [2.75, 3.05) is 6.54 Å². The Morgan fingerprint density at radius 2 is 1.88 bits per heavy atom. The van der Waals surface area contributed by atoms with Crippen molar-refractivity contribution in [2.24, 2.45) is 0 Å². The number of ether oxygens (including phenoxy) is 1. The summed E-state index contributed by atoms with van der Waals surface area (Å²) in [5, 5.41) is 4.48. The summed E-state index contributed by atoms with van der Waals surface area (Å²) in [6, 6.07) is 2.52. The Labute approximate surface area is 205 Å². The second-order valence-electron chi connectivity index (χ2n) is 8.09. The molecule has 1 atom stereocenters. The molecule has 0 saturated carbocycles. The van der Waals surface area contributed by atoms with Crippen LogP contribution in [0.15, 0.2) is 24.8 Å². The molecule has 1 aromatic heterocycles. The van der Waals surface area contributed by atoms with Crippen molar-refractivity contribution in [2.45, 2.75) is 59.4 Å². The summed E-state index contributed by atoms with van der Waals surface area (Å²) in [6.45, 7) is 13.8. The summed E-state index contributed by atoms with van der Waals surface area (Å²) >= 11 is 2.12. The van der Waals surface area contributed by atoms with E-state index in [1.54, 1.807) is 30.1 Å². The molecule has 1 aromatic carbocycles. The van der Waals surface area contributed by atoms with Crippen LogP contribution in [0.25, 0.3) is 5.57 Å². The molecule has 1 unspecified atom stereocenters. The summed E-state index contributed by atoms with van der Waals surface area (Å²) in [7, 11) is 0. The molecule has 0 spiro atoms. The van der Waals surface area contributed by atoms with Gasteiger partial charge >= 0.3 is 12.3 Å². The quantitative estimate of drug-likeness (QED) is 0.213. The molecule has 0 aliphatic carbocycles. The lowest BCUT2D eigenvalue weighted by Crippen LogP contribution is -2.40. The van der Waals surface area contributed by atoms with Gasteiger partial charge in [-0.2, -0.15) is 18.3 Å². The third-order valence-electron chi connectivity index (χ3n) is 4.69. The maximum atomic E-state index is 13.5. The van der Waals surface area contributed by atoms with E-state index in [1.807, 2.05) is 13.8 Å². The zero-order chi connectivity index (χ0) is 25.1. The van der Waals surface area contributed by atoms with Crippen LogP contribution in [0, 0.1) is 5.82 Å². The Bertz CT molecular complexity index is 1030. The Kier molecular flexibility index (Phi) is 8.95. The first-order valence-electron chi connectivity index (χ1n) is 10.3. The van der Waals surface area contributed by atoms with Crippen molar-refractivity contribution in [1.82, 2.24) is 14.5 Å². The van der Waals surface area contributed by atoms with E-state index in [0.29, 0.717) is 24.7 Å². The molecular weight excluding hydrogens is 572 g/mol. The molecule has 3 rings (SSSR count). The topological polar surface area (TPSA) is 47.4 Å². The number of halogens is 5. The summed E-state index contributed by atoms with van der Waals surface area (Å²) in [4.78, 5) is 14.0. The minimum Gasteiger partial charge on any atom is -0.444 e. The van der Waals surface area contributed by atoms with Crippen LogP contribution < -0.4 is 0 Å². The van der Waals surface area contributed by atoms with E-state index in [-0.39, 0.29) is 24.1 Å². The minimum atomic E-state index is -4.73. The van der Waals surface area contributed by atoms with E-state index in [2.05, 4.69) is 33.7 Å². The number of fused-ring (bicyclic) bond motifs is 1. The minimum absolute atomic E-state index is 0.0719. The maximum absolute atomic E-state index is 13.5. The molecule has 1 aliphatic rings. The number of aromatic nitrogens is 2. The smallest absolute Gasteiger partial charge is 0.417 e. The lowest BCUT2D eigenvalue weighted by atomic mass is 9.93. The molecule has 1 amide bonds. The summed E-state index contributed by atoms with van der Waals surface area (Å²) in [5.74, 6) is -0.974. The van der Waals surface area contributed by atoms with Crippen molar-refractivity contribution < 1.29 is 27.1 Å². The molecule has 2 aromatic rings. The highest BCUT2D eigenvalue weighted by atomic mass is 127. The molecule has 0 fully saturated rings. The number of benzene rings is 1. The van der Waals surface area contributed by atoms with Gasteiger partial charge in [-0.25, -0.2) is 13.6 Å². The predicted molar refractivity (Wildman–Crippen MR) is 131 cm³/mol. The van der Waals surface area contributed by atoms with Crippen LogP contribution in [0.2, 0.25) is 0 Å². The number of carbonyl (C=O) groups excluding carboxylic acids is 1. The van der Waals surface area contributed by atoms with Crippen LogP contribution in [0.1, 0.15) is 62.7 Å². The van der Waals surface area contributed by atoms with Crippen LogP contribution in [0.5, 0.6) is 0 Å². The molecule has 1 aliphatic heterocycles. The van der Waals surface area contributed by atoms with Gasteiger partial charge in [0.05, 0.1) is 29.9 Å². The SMILES string of the molecule is C=C(c1ccc(F)cc1C(F)(F)F)c1nn(PI)c2c1CCN(C(=O)OC(C)(C)C)C2.CC. The lowest BCUT2D eigenvalue weighted by molar-refractivity contribution is -0.137. The summed E-state index contributed by atoms with van der Waals surface area (Å²) < 4.78 is 61.1. The Morgan fingerprint density at radius 3 is 2.42 bits per heavy atom. The second-order valence-corrected chi connectivity index (χ2v) is 10.1. The Balaban J connectivity index is 0.00000187. The number of hydrogen-bond acceptors (Lipinski definition) is 3. The third-order valence-corrected chi connectivity index (χ3v) is 6.59. The van der Waals surface area contributed by atoms with E-state index in [9.17, 15) is 22.4 Å². The average molecular weight is 599 g/mol. The lowest BCUT2D eigenvalue weighted by Gasteiger charge is -2.30. The van der Waals surface area contributed by atoms with Crippen molar-refractivity contribution >= 4 is 40.1 Å². The average Bonchev–Trinajstić information content (AvgIpc) is 3.11. The summed E-state index contributed by atoms with van der Waals surface area (Å²) in [5.41, 5.74) is -0.0685. The van der Waals surface area contributed by atoms with Gasteiger partial charge < -0.3 is 9.64 Å². The van der Waals surface area contributed by atoms with Gasteiger partial charge in [-0.3, -0.25) is 0 Å². The van der Waals surface area contributed by atoms with Gasteiger partial charge in [0.15, 0.2) is 0 Å². The maximum Gasteiger partial charge on any atom is 0.417 e. The predicted octanol–water partition coefficient (Wildman–Crippen LogP) is 7.21. The van der Waals surface area contributed by atoms with E-state index in [1.165, 1.54) is 0 Å². The van der Waals surface area contributed by atoms with E-state index < -0.39 is 29.3 Å². The Morgan fingerprint density at radius 1 is 1.24 bits per heavy atom. The molecule has 2 heterocycles. The molecular formula is C22H27F4IN3O2P. The van der Waals surface area contributed by atoms with E-state index in [4.69, 9.17) is 4.74 Å². The highest BCUT2D eigenvalue weighted by molar-refractivity contribution is 14.2. The number of alkyl halides is 3. The first kappa shape index (κ1) is 27.6. The molecule has 0 saturated heterocycles. The molecule has 182 valence electrons. The largest absolute Gasteiger partial charge is 0.444 e. The van der Waals surface area contributed by atoms with Crippen molar-refractivity contribution in [1.29, 1.82) is 0 Å². The fraction of sp³-hybridized carbons (Fsp3) is 0.455. The molecule has 0 radical (unpaired) electrons. The van der Waals surface area contributed by atoms with Gasteiger partial charge in [0.1, 0.15) is 11.4 Å². The van der Waals surface area contributed by atoms with Gasteiger partial charge in [0.2, 0.25) is 0 Å². The van der Waals surface area contributed by atoms with Gasteiger partial charge in [0.25, 0.3) is 0 Å². The second kappa shape index (κ2) is 10.7. The van der Waals surface area contributed by atoms with Gasteiger partial charge in [-0.05, 0) is 66.9 Å². The third kappa shape index (κ3) is 6.47. The van der Waals surface area contributed by atoms with Crippen LogP contribution in [0.4, 0.5) is 22.4 Å². The fourth-order valence-electron chi connectivity index (χ4n) is 3.35. The fourth-order valence-corrected chi connectivity index (χ4v) is 5.00. The number of nitrogens with zero attached hydrogens (tertiary/aromatic N) is 3. The van der Waals surface area contributed by atoms with E-state index >= 15 is 0 Å². The summed E-state index contributed by atoms with van der Waals surface area (Å²) in [6.07, 6.45) is -4.63. The number of hydrogen-bond donors (Lipinski definition) is 0. The highest BCUT2D eigenvalue weighted by Crippen LogP contribution is 2.40. The number of amides is 1. The number of rotatable bonds is 3. The van der Waals surface area contributed by atoms with Crippen LogP contribution in [0.3, 0.4) is 0 Å². The molecule has 0 N–H and O–H groups in total. The first-order valence-corrected chi connectivity index (χ1v) is 14.4. The zero-order valence-corrected chi connectivity index (χ0v) is 22.3. The first-order chi connectivity index (χ1) is 15.3. The normalized spacial score (nSPS) is 14.1. The number of carbonyl (C=O) groups is 1. The Hall–Kier alpha value is -1.68. The standard InChI is InChI=1S/C20H21F4IN3O2P.C2H6/c1-11(13-6-5-12(21)9-15(13)20(22,23)24)17-14-7-8-27(18(29)30-19(2,3)4)10-16(14)28(26-17)31-25;1-2/h5-6,9,31H,1,7-8,10H2,2-4H3;1-2H3. The highest BCUT2D eigenvalue weighted by Gasteiger charge is 2.36. The van der Waals surface area contributed by atoms with Gasteiger partial charge in [-0.1, -0.05) is 26.5 Å². The molecule has 0 bridgehead atoms. The molecule has 5 nitrogen and oxygen atoms in total. The van der Waals surface area contributed by atoms with E-state index in [0.717, 1.165) is 23.4 Å². The van der Waals surface area contributed by atoms with Crippen LogP contribution >= 0.6 is 28.4 Å².